The predicted octanol–water partition coefficient (Wildman–Crippen LogP) is 2.40. The molecule has 2 aromatic carbocycles. The Morgan fingerprint density at radius 1 is 0.767 bits per heavy atom. The minimum atomic E-state index is -0.925. The zero-order valence-corrected chi connectivity index (χ0v) is 26.9. The minimum absolute atomic E-state index is 0. The molecule has 2 atom stereocenters. The van der Waals surface area contributed by atoms with Crippen LogP contribution in [0.5, 0.6) is 0 Å². The standard InChI is InChI=1S/C15H17ClN2O4.C14H18N2O3.2H2S/c1-11-9-17(13(19)14(20)18(11)15(16)21)7-8-22-10-12-5-3-2-4-6-12;1-11-9-16(14(18)13(17)15-11)7-8-19-10-12-5-3-2-4-6-12;;/h2-6,11H,7-10H2,1H3;2-6,11H,7-10H2,1H3,(H,15,17);2*1H2/t2*11-;;/m00../s1. The Balaban J connectivity index is 0.000000415. The van der Waals surface area contributed by atoms with E-state index in [1.165, 1.54) is 9.80 Å². The zero-order chi connectivity index (χ0) is 29.8. The van der Waals surface area contributed by atoms with Crippen molar-refractivity contribution < 1.29 is 33.4 Å². The molecule has 0 radical (unpaired) electrons. The molecule has 1 N–H and O–H groups in total. The first kappa shape index (κ1) is 37.9. The van der Waals surface area contributed by atoms with E-state index in [4.69, 9.17) is 21.1 Å². The number of rotatable bonds is 10. The van der Waals surface area contributed by atoms with Gasteiger partial charge in [-0.25, -0.2) is 0 Å². The maximum atomic E-state index is 11.9. The molecule has 4 rings (SSSR count). The van der Waals surface area contributed by atoms with Crippen molar-refractivity contribution in [3.05, 3.63) is 71.8 Å². The van der Waals surface area contributed by atoms with Crippen LogP contribution < -0.4 is 5.32 Å². The van der Waals surface area contributed by atoms with Crippen LogP contribution in [0.15, 0.2) is 60.7 Å². The molecule has 14 heteroatoms. The van der Waals surface area contributed by atoms with E-state index in [1.54, 1.807) is 6.92 Å². The van der Waals surface area contributed by atoms with Crippen LogP contribution in [0, 0.1) is 0 Å². The summed E-state index contributed by atoms with van der Waals surface area (Å²) in [5.74, 6) is -2.61. The lowest BCUT2D eigenvalue weighted by atomic mass is 10.2. The second-order valence-corrected chi connectivity index (χ2v) is 10.1. The van der Waals surface area contributed by atoms with Crippen LogP contribution in [-0.2, 0) is 41.9 Å². The second kappa shape index (κ2) is 19.2. The average molecular weight is 655 g/mol. The van der Waals surface area contributed by atoms with Crippen molar-refractivity contribution in [2.75, 3.05) is 39.4 Å². The number of halogens is 1. The largest absolute Gasteiger partial charge is 0.375 e. The Hall–Kier alpha value is -3.10. The summed E-state index contributed by atoms with van der Waals surface area (Å²) in [6.07, 6.45) is 0. The van der Waals surface area contributed by atoms with Gasteiger partial charge in [-0.1, -0.05) is 60.7 Å². The number of ether oxygens (including phenoxy) is 2. The molecule has 2 saturated heterocycles. The number of hydrogen-bond acceptors (Lipinski definition) is 7. The number of piperazine rings is 2. The Labute approximate surface area is 270 Å². The lowest BCUT2D eigenvalue weighted by Crippen LogP contribution is -2.59. The highest BCUT2D eigenvalue weighted by atomic mass is 35.5. The summed E-state index contributed by atoms with van der Waals surface area (Å²) in [6, 6.07) is 19.1. The molecule has 0 saturated carbocycles. The average Bonchev–Trinajstić information content (AvgIpc) is 2.95. The molecular weight excluding hydrogens is 616 g/mol. The molecule has 2 heterocycles. The number of carbonyl (C=O) groups excluding carboxylic acids is 5. The van der Waals surface area contributed by atoms with Gasteiger partial charge in [0.05, 0.1) is 32.5 Å². The first-order valence-corrected chi connectivity index (χ1v) is 13.7. The van der Waals surface area contributed by atoms with Crippen LogP contribution in [0.3, 0.4) is 0 Å². The summed E-state index contributed by atoms with van der Waals surface area (Å²) in [5, 5.41) is 1.68. The summed E-state index contributed by atoms with van der Waals surface area (Å²) < 4.78 is 11.0. The van der Waals surface area contributed by atoms with Crippen molar-refractivity contribution in [2.45, 2.75) is 39.1 Å². The third-order valence-corrected chi connectivity index (χ3v) is 6.57. The highest BCUT2D eigenvalue weighted by Gasteiger charge is 2.39. The molecule has 2 aliphatic heterocycles. The minimum Gasteiger partial charge on any atom is -0.375 e. The van der Waals surface area contributed by atoms with Gasteiger partial charge in [-0.2, -0.15) is 27.0 Å². The van der Waals surface area contributed by atoms with Crippen LogP contribution in [0.1, 0.15) is 25.0 Å². The van der Waals surface area contributed by atoms with Gasteiger partial charge in [-0.05, 0) is 36.6 Å². The van der Waals surface area contributed by atoms with Crippen LogP contribution in [-0.4, -0.2) is 95.2 Å². The van der Waals surface area contributed by atoms with Gasteiger partial charge in [0.2, 0.25) is 0 Å². The van der Waals surface area contributed by atoms with Gasteiger partial charge in [0.15, 0.2) is 0 Å². The lowest BCUT2D eigenvalue weighted by Gasteiger charge is -2.36. The highest BCUT2D eigenvalue weighted by Crippen LogP contribution is 2.14. The molecule has 0 spiro atoms. The molecular formula is C29H39ClN4O7S2. The maximum absolute atomic E-state index is 11.9. The molecule has 0 bridgehead atoms. The summed E-state index contributed by atoms with van der Waals surface area (Å²) in [4.78, 5) is 61.5. The van der Waals surface area contributed by atoms with E-state index in [9.17, 15) is 24.0 Å². The number of nitrogens with zero attached hydrogens (tertiary/aromatic N) is 3. The van der Waals surface area contributed by atoms with Crippen molar-refractivity contribution in [2.24, 2.45) is 0 Å². The molecule has 2 aliphatic rings. The van der Waals surface area contributed by atoms with Crippen LogP contribution in [0.25, 0.3) is 0 Å². The van der Waals surface area contributed by atoms with Crippen LogP contribution >= 0.6 is 38.6 Å². The van der Waals surface area contributed by atoms with Crippen LogP contribution in [0.4, 0.5) is 4.79 Å². The van der Waals surface area contributed by atoms with Gasteiger partial charge >= 0.3 is 29.0 Å². The smallest absolute Gasteiger partial charge is 0.323 e. The molecule has 2 aromatic rings. The van der Waals surface area contributed by atoms with E-state index in [0.717, 1.165) is 16.0 Å². The lowest BCUT2D eigenvalue weighted by molar-refractivity contribution is -0.156. The molecule has 2 fully saturated rings. The fourth-order valence-electron chi connectivity index (χ4n) is 4.33. The molecule has 0 aromatic heterocycles. The molecule has 0 unspecified atom stereocenters. The first-order valence-electron chi connectivity index (χ1n) is 13.3. The number of nitrogens with one attached hydrogen (secondary N) is 1. The molecule has 5 amide bonds. The van der Waals surface area contributed by atoms with E-state index >= 15 is 0 Å². The van der Waals surface area contributed by atoms with Crippen molar-refractivity contribution in [3.8, 4) is 0 Å². The Bertz CT molecular complexity index is 1210. The fraction of sp³-hybridized carbons (Fsp3) is 0.414. The van der Waals surface area contributed by atoms with Gasteiger partial charge in [-0.15, -0.1) is 0 Å². The zero-order valence-electron chi connectivity index (χ0n) is 24.2. The Morgan fingerprint density at radius 2 is 1.23 bits per heavy atom. The SMILES string of the molecule is C[C@H]1CN(CCOCc2ccccc2)C(=O)C(=O)N1.C[C@H]1CN(CCOCc2ccccc2)C(=O)C(=O)N1C(=O)Cl.S.S. The van der Waals surface area contributed by atoms with Gasteiger partial charge in [-0.3, -0.25) is 28.9 Å². The van der Waals surface area contributed by atoms with Crippen LogP contribution in [0.2, 0.25) is 0 Å². The topological polar surface area (TPSA) is 126 Å². The third-order valence-electron chi connectivity index (χ3n) is 6.39. The summed E-state index contributed by atoms with van der Waals surface area (Å²) in [6.45, 7) is 6.80. The van der Waals surface area contributed by atoms with E-state index in [0.29, 0.717) is 46.1 Å². The number of carbonyl (C=O) groups is 5. The molecule has 43 heavy (non-hydrogen) atoms. The van der Waals surface area contributed by atoms with E-state index in [-0.39, 0.29) is 39.6 Å². The number of hydrogen-bond donors (Lipinski definition) is 1. The van der Waals surface area contributed by atoms with Crippen molar-refractivity contribution >= 4 is 67.6 Å². The quantitative estimate of drug-likeness (QED) is 0.181. The van der Waals surface area contributed by atoms with Crippen molar-refractivity contribution in [3.63, 3.8) is 0 Å². The Kier molecular flexibility index (Phi) is 17.0. The monoisotopic (exact) mass is 654 g/mol. The first-order chi connectivity index (χ1) is 19.7. The van der Waals surface area contributed by atoms with E-state index < -0.39 is 35.0 Å². The number of imide groups is 1. The second-order valence-electron chi connectivity index (χ2n) is 9.73. The summed E-state index contributed by atoms with van der Waals surface area (Å²) >= 11 is 5.32. The number of amides is 5. The predicted molar refractivity (Wildman–Crippen MR) is 171 cm³/mol. The van der Waals surface area contributed by atoms with Gasteiger partial charge < -0.3 is 24.6 Å². The highest BCUT2D eigenvalue weighted by molar-refractivity contribution is 7.59. The summed E-state index contributed by atoms with van der Waals surface area (Å²) in [5.41, 5.74) is 2.13. The molecule has 0 aliphatic carbocycles. The number of benzene rings is 2. The summed E-state index contributed by atoms with van der Waals surface area (Å²) in [7, 11) is 0. The Morgan fingerprint density at radius 3 is 1.70 bits per heavy atom. The van der Waals surface area contributed by atoms with E-state index in [1.807, 2.05) is 67.6 Å². The maximum Gasteiger partial charge on any atom is 0.323 e. The van der Waals surface area contributed by atoms with Gasteiger partial charge in [0, 0.05) is 32.2 Å². The van der Waals surface area contributed by atoms with Crippen molar-refractivity contribution in [1.82, 2.24) is 20.0 Å². The molecule has 11 nitrogen and oxygen atoms in total. The normalized spacial score (nSPS) is 18.2. The fourth-order valence-corrected chi connectivity index (χ4v) is 4.57. The van der Waals surface area contributed by atoms with E-state index in [2.05, 4.69) is 5.32 Å². The molecule has 236 valence electrons. The van der Waals surface area contributed by atoms with Gasteiger partial charge in [0.1, 0.15) is 0 Å². The van der Waals surface area contributed by atoms with Gasteiger partial charge in [0.25, 0.3) is 0 Å². The third kappa shape index (κ3) is 11.8. The van der Waals surface area contributed by atoms with Crippen molar-refractivity contribution in [1.29, 1.82) is 0 Å².